The quantitative estimate of drug-likeness (QED) is 0.512. The molecule has 1 aliphatic rings. The number of hydrogen-bond acceptors (Lipinski definition) is 4. The minimum absolute atomic E-state index is 0.0145. The molecule has 1 rings (SSSR count). The van der Waals surface area contributed by atoms with Gasteiger partial charge in [-0.25, -0.2) is 0 Å². The summed E-state index contributed by atoms with van der Waals surface area (Å²) in [5, 5.41) is 2.79. The number of primary amides is 1. The van der Waals surface area contributed by atoms with Gasteiger partial charge >= 0.3 is 0 Å². The lowest BCUT2D eigenvalue weighted by Gasteiger charge is -2.12. The molecule has 0 aromatic rings. The fourth-order valence-corrected chi connectivity index (χ4v) is 1.82. The highest BCUT2D eigenvalue weighted by atomic mass is 16.5. The maximum Gasteiger partial charge on any atom is 0.249 e. The molecule has 6 heteroatoms. The van der Waals surface area contributed by atoms with Gasteiger partial charge in [-0.15, -0.1) is 0 Å². The maximum absolute atomic E-state index is 11.6. The third kappa shape index (κ3) is 5.14. The van der Waals surface area contributed by atoms with Crippen LogP contribution in [0.5, 0.6) is 0 Å². The first-order valence-corrected chi connectivity index (χ1v) is 6.05. The van der Waals surface area contributed by atoms with E-state index in [4.69, 9.17) is 16.2 Å². The second kappa shape index (κ2) is 7.24. The molecule has 5 N–H and O–H groups in total. The van der Waals surface area contributed by atoms with Gasteiger partial charge in [0.2, 0.25) is 11.8 Å². The largest absolute Gasteiger partial charge is 0.370 e. The third-order valence-electron chi connectivity index (χ3n) is 2.81. The predicted molar refractivity (Wildman–Crippen MR) is 63.0 cm³/mol. The van der Waals surface area contributed by atoms with E-state index in [9.17, 15) is 9.59 Å². The molecule has 0 aliphatic carbocycles. The van der Waals surface area contributed by atoms with Gasteiger partial charge in [0.25, 0.3) is 0 Å². The Morgan fingerprint density at radius 2 is 2.06 bits per heavy atom. The first kappa shape index (κ1) is 13.9. The maximum atomic E-state index is 11.6. The number of hydrogen-bond donors (Lipinski definition) is 3. The van der Waals surface area contributed by atoms with Crippen molar-refractivity contribution in [1.29, 1.82) is 0 Å². The zero-order valence-corrected chi connectivity index (χ0v) is 9.98. The van der Waals surface area contributed by atoms with Crippen LogP contribution in [0.15, 0.2) is 0 Å². The standard InChI is InChI=1S/C11H21N3O3/c12-7-8-4-5-9(17-8)11(16)14-6-2-1-3-10(13)15/h8-9H,1-7,12H2,(H2,13,15)(H,14,16). The molecule has 2 atom stereocenters. The number of nitrogens with one attached hydrogen (secondary N) is 1. The van der Waals surface area contributed by atoms with Crippen LogP contribution in [0.25, 0.3) is 0 Å². The minimum Gasteiger partial charge on any atom is -0.370 e. The van der Waals surface area contributed by atoms with Crippen molar-refractivity contribution in [1.82, 2.24) is 5.32 Å². The number of carbonyl (C=O) groups excluding carboxylic acids is 2. The highest BCUT2D eigenvalue weighted by molar-refractivity contribution is 5.81. The van der Waals surface area contributed by atoms with Gasteiger partial charge in [0.1, 0.15) is 6.10 Å². The topological polar surface area (TPSA) is 107 Å². The number of nitrogens with two attached hydrogens (primary N) is 2. The van der Waals surface area contributed by atoms with Crippen molar-refractivity contribution >= 4 is 11.8 Å². The van der Waals surface area contributed by atoms with Crippen LogP contribution in [0.4, 0.5) is 0 Å². The van der Waals surface area contributed by atoms with E-state index in [0.29, 0.717) is 25.9 Å². The van der Waals surface area contributed by atoms with Crippen molar-refractivity contribution in [3.63, 3.8) is 0 Å². The summed E-state index contributed by atoms with van der Waals surface area (Å²) in [4.78, 5) is 22.1. The third-order valence-corrected chi connectivity index (χ3v) is 2.81. The molecule has 1 aliphatic heterocycles. The van der Waals surface area contributed by atoms with Gasteiger partial charge in [-0.2, -0.15) is 0 Å². The van der Waals surface area contributed by atoms with E-state index in [0.717, 1.165) is 19.3 Å². The van der Waals surface area contributed by atoms with Gasteiger partial charge in [-0.1, -0.05) is 0 Å². The van der Waals surface area contributed by atoms with E-state index in [1.165, 1.54) is 0 Å². The fourth-order valence-electron chi connectivity index (χ4n) is 1.82. The Morgan fingerprint density at radius 1 is 1.29 bits per heavy atom. The second-order valence-corrected chi connectivity index (χ2v) is 4.27. The molecule has 1 fully saturated rings. The Labute approximate surface area is 101 Å². The average molecular weight is 243 g/mol. The fraction of sp³-hybridized carbons (Fsp3) is 0.818. The highest BCUT2D eigenvalue weighted by Crippen LogP contribution is 2.18. The van der Waals surface area contributed by atoms with Gasteiger partial charge in [0, 0.05) is 19.5 Å². The monoisotopic (exact) mass is 243 g/mol. The van der Waals surface area contributed by atoms with Crippen molar-refractivity contribution in [2.24, 2.45) is 11.5 Å². The minimum atomic E-state index is -0.361. The molecule has 98 valence electrons. The summed E-state index contributed by atoms with van der Waals surface area (Å²) in [5.41, 5.74) is 10.5. The molecule has 1 heterocycles. The SMILES string of the molecule is NCC1CCC(C(=O)NCCCCC(N)=O)O1. The highest BCUT2D eigenvalue weighted by Gasteiger charge is 2.29. The Bertz CT molecular complexity index is 271. The van der Waals surface area contributed by atoms with Gasteiger partial charge in [0.15, 0.2) is 0 Å². The van der Waals surface area contributed by atoms with Crippen molar-refractivity contribution in [3.8, 4) is 0 Å². The normalized spacial score (nSPS) is 23.6. The van der Waals surface area contributed by atoms with Crippen LogP contribution in [-0.4, -0.2) is 37.1 Å². The summed E-state index contributed by atoms with van der Waals surface area (Å²) in [7, 11) is 0. The molecule has 0 aromatic carbocycles. The summed E-state index contributed by atoms with van der Waals surface area (Å²) in [6.45, 7) is 1.02. The van der Waals surface area contributed by atoms with Crippen LogP contribution in [-0.2, 0) is 14.3 Å². The van der Waals surface area contributed by atoms with Crippen molar-refractivity contribution in [2.45, 2.75) is 44.3 Å². The predicted octanol–water partition coefficient (Wildman–Crippen LogP) is -0.735. The zero-order valence-electron chi connectivity index (χ0n) is 9.98. The molecular formula is C11H21N3O3. The number of unbranched alkanes of at least 4 members (excludes halogenated alkanes) is 1. The van der Waals surface area contributed by atoms with Gasteiger partial charge in [0.05, 0.1) is 6.10 Å². The van der Waals surface area contributed by atoms with Crippen LogP contribution in [0.3, 0.4) is 0 Å². The lowest BCUT2D eigenvalue weighted by atomic mass is 10.2. The van der Waals surface area contributed by atoms with E-state index in [2.05, 4.69) is 5.32 Å². The molecular weight excluding hydrogens is 222 g/mol. The smallest absolute Gasteiger partial charge is 0.249 e. The van der Waals surface area contributed by atoms with Gasteiger partial charge in [-0.3, -0.25) is 9.59 Å². The first-order valence-electron chi connectivity index (χ1n) is 6.05. The Morgan fingerprint density at radius 3 is 2.65 bits per heavy atom. The van der Waals surface area contributed by atoms with Crippen LogP contribution < -0.4 is 16.8 Å². The summed E-state index contributed by atoms with van der Waals surface area (Å²) < 4.78 is 5.46. The lowest BCUT2D eigenvalue weighted by Crippen LogP contribution is -2.36. The molecule has 6 nitrogen and oxygen atoms in total. The van der Waals surface area contributed by atoms with E-state index < -0.39 is 0 Å². The average Bonchev–Trinajstić information content (AvgIpc) is 2.76. The molecule has 1 saturated heterocycles. The van der Waals surface area contributed by atoms with Crippen LogP contribution in [0.1, 0.15) is 32.1 Å². The van der Waals surface area contributed by atoms with Crippen LogP contribution in [0.2, 0.25) is 0 Å². The molecule has 2 amide bonds. The van der Waals surface area contributed by atoms with Crippen molar-refractivity contribution in [2.75, 3.05) is 13.1 Å². The zero-order chi connectivity index (χ0) is 12.7. The molecule has 0 bridgehead atoms. The second-order valence-electron chi connectivity index (χ2n) is 4.27. The Balaban J connectivity index is 2.07. The first-order chi connectivity index (χ1) is 8.13. The van der Waals surface area contributed by atoms with E-state index in [1.54, 1.807) is 0 Å². The molecule has 17 heavy (non-hydrogen) atoms. The molecule has 0 saturated carbocycles. The number of rotatable bonds is 7. The van der Waals surface area contributed by atoms with E-state index in [1.807, 2.05) is 0 Å². The summed E-state index contributed by atoms with van der Waals surface area (Å²) >= 11 is 0. The van der Waals surface area contributed by atoms with Crippen molar-refractivity contribution in [3.05, 3.63) is 0 Å². The van der Waals surface area contributed by atoms with Crippen LogP contribution >= 0.6 is 0 Å². The lowest BCUT2D eigenvalue weighted by molar-refractivity contribution is -0.131. The number of carbonyl (C=O) groups is 2. The molecule has 0 aromatic heterocycles. The molecule has 0 spiro atoms. The van der Waals surface area contributed by atoms with E-state index in [-0.39, 0.29) is 24.0 Å². The summed E-state index contributed by atoms with van der Waals surface area (Å²) in [6.07, 6.45) is 3.05. The van der Waals surface area contributed by atoms with E-state index >= 15 is 0 Å². The summed E-state index contributed by atoms with van der Waals surface area (Å²) in [6, 6.07) is 0. The molecule has 2 unspecified atom stereocenters. The van der Waals surface area contributed by atoms with Crippen LogP contribution in [0, 0.1) is 0 Å². The Hall–Kier alpha value is -1.14. The summed E-state index contributed by atoms with van der Waals surface area (Å²) in [5.74, 6) is -0.388. The molecule has 0 radical (unpaired) electrons. The number of amides is 2. The van der Waals surface area contributed by atoms with Crippen molar-refractivity contribution < 1.29 is 14.3 Å². The Kier molecular flexibility index (Phi) is 5.93. The number of ether oxygens (including phenoxy) is 1. The van der Waals surface area contributed by atoms with Gasteiger partial charge in [-0.05, 0) is 25.7 Å². The van der Waals surface area contributed by atoms with Gasteiger partial charge < -0.3 is 21.5 Å².